The van der Waals surface area contributed by atoms with Crippen LogP contribution in [0.15, 0.2) is 72.8 Å². The molecule has 36 heavy (non-hydrogen) atoms. The Morgan fingerprint density at radius 2 is 1.44 bits per heavy atom. The van der Waals surface area contributed by atoms with Gasteiger partial charge in [0.15, 0.2) is 0 Å². The Balaban J connectivity index is 1.12. The number of halogens is 1. The smallest absolute Gasteiger partial charge is 0.119 e. The standard InChI is InChI=1S/C32H37ClN2O/c33-29-9-5-25(6-10-29)31(32-27-18-23-17-24(20-27)21-28(32)19-23)26-7-11-30(12-8-26)36-16-4-2-1-3-14-35-15-13-34-22-35/h5-13,15,22-24,27-28H,1-4,14,16-21H2. The first-order valence-electron chi connectivity index (χ1n) is 13.9. The summed E-state index contributed by atoms with van der Waals surface area (Å²) in [7, 11) is 0. The Kier molecular flexibility index (Phi) is 7.19. The molecule has 0 radical (unpaired) electrons. The molecule has 2 aromatic carbocycles. The lowest BCUT2D eigenvalue weighted by atomic mass is 9.53. The Bertz CT molecular complexity index is 1130. The summed E-state index contributed by atoms with van der Waals surface area (Å²) in [5.74, 6) is 4.42. The zero-order valence-electron chi connectivity index (χ0n) is 21.1. The molecule has 4 fully saturated rings. The van der Waals surface area contributed by atoms with Crippen molar-refractivity contribution >= 4 is 17.2 Å². The number of rotatable bonds is 10. The van der Waals surface area contributed by atoms with E-state index in [1.807, 2.05) is 30.9 Å². The van der Waals surface area contributed by atoms with Gasteiger partial charge in [-0.15, -0.1) is 0 Å². The number of aryl methyl sites for hydroxylation is 1. The van der Waals surface area contributed by atoms with Crippen molar-refractivity contribution in [3.05, 3.63) is 89.0 Å². The summed E-state index contributed by atoms with van der Waals surface area (Å²) in [6.07, 6.45) is 17.5. The van der Waals surface area contributed by atoms with Crippen LogP contribution in [0.3, 0.4) is 0 Å². The van der Waals surface area contributed by atoms with Crippen molar-refractivity contribution in [2.24, 2.45) is 23.7 Å². The topological polar surface area (TPSA) is 27.1 Å². The fourth-order valence-corrected chi connectivity index (χ4v) is 7.42. The van der Waals surface area contributed by atoms with E-state index in [0.717, 1.165) is 54.0 Å². The van der Waals surface area contributed by atoms with Crippen LogP contribution in [0.4, 0.5) is 0 Å². The van der Waals surface area contributed by atoms with E-state index in [0.29, 0.717) is 0 Å². The van der Waals surface area contributed by atoms with Crippen LogP contribution in [0.5, 0.6) is 5.75 Å². The van der Waals surface area contributed by atoms with Crippen LogP contribution in [0.25, 0.3) is 5.57 Å². The summed E-state index contributed by atoms with van der Waals surface area (Å²) in [5.41, 5.74) is 5.83. The molecule has 0 atom stereocenters. The van der Waals surface area contributed by atoms with Crippen molar-refractivity contribution in [2.75, 3.05) is 6.61 Å². The van der Waals surface area contributed by atoms with E-state index in [1.54, 1.807) is 5.57 Å². The number of hydrogen-bond acceptors (Lipinski definition) is 2. The highest BCUT2D eigenvalue weighted by Gasteiger charge is 2.46. The van der Waals surface area contributed by atoms with E-state index in [2.05, 4.69) is 45.9 Å². The normalized spacial score (nSPS) is 24.3. The van der Waals surface area contributed by atoms with Gasteiger partial charge in [0, 0.05) is 24.0 Å². The molecular weight excluding hydrogens is 464 g/mol. The van der Waals surface area contributed by atoms with Crippen LogP contribution in [-0.4, -0.2) is 16.2 Å². The SMILES string of the molecule is Clc1ccc(C(=C2C3CC4CC(C3)CC2C4)c2ccc(OCCCCCCn3ccnc3)cc2)cc1. The largest absolute Gasteiger partial charge is 0.494 e. The molecule has 1 heterocycles. The highest BCUT2D eigenvalue weighted by Crippen LogP contribution is 2.58. The van der Waals surface area contributed by atoms with Crippen molar-refractivity contribution in [3.8, 4) is 5.75 Å². The van der Waals surface area contributed by atoms with Crippen molar-refractivity contribution in [1.29, 1.82) is 0 Å². The van der Waals surface area contributed by atoms with E-state index < -0.39 is 0 Å². The summed E-state index contributed by atoms with van der Waals surface area (Å²) < 4.78 is 8.25. The molecule has 3 aromatic rings. The molecule has 4 heteroatoms. The fourth-order valence-electron chi connectivity index (χ4n) is 7.29. The molecule has 4 saturated carbocycles. The highest BCUT2D eigenvalue weighted by molar-refractivity contribution is 6.30. The molecule has 7 rings (SSSR count). The van der Waals surface area contributed by atoms with E-state index in [9.17, 15) is 0 Å². The number of benzene rings is 2. The quantitative estimate of drug-likeness (QED) is 0.261. The van der Waals surface area contributed by atoms with Gasteiger partial charge in [-0.1, -0.05) is 54.3 Å². The second-order valence-electron chi connectivity index (χ2n) is 11.2. The van der Waals surface area contributed by atoms with Crippen molar-refractivity contribution < 1.29 is 4.74 Å². The maximum absolute atomic E-state index is 6.27. The first-order chi connectivity index (χ1) is 17.7. The molecule has 0 N–H and O–H groups in total. The van der Waals surface area contributed by atoms with E-state index in [-0.39, 0.29) is 0 Å². The molecule has 188 valence electrons. The number of unbranched alkanes of at least 4 members (excludes halogenated alkanes) is 3. The average molecular weight is 501 g/mol. The van der Waals surface area contributed by atoms with Gasteiger partial charge in [-0.25, -0.2) is 4.98 Å². The number of ether oxygens (including phenoxy) is 1. The van der Waals surface area contributed by atoms with Gasteiger partial charge in [0.05, 0.1) is 12.9 Å². The van der Waals surface area contributed by atoms with Gasteiger partial charge in [-0.2, -0.15) is 0 Å². The Morgan fingerprint density at radius 3 is 2.08 bits per heavy atom. The predicted octanol–water partition coefficient (Wildman–Crippen LogP) is 8.43. The summed E-state index contributed by atoms with van der Waals surface area (Å²) in [4.78, 5) is 4.10. The molecule has 0 amide bonds. The second kappa shape index (κ2) is 10.8. The van der Waals surface area contributed by atoms with Crippen molar-refractivity contribution in [2.45, 2.75) is 64.3 Å². The van der Waals surface area contributed by atoms with Crippen molar-refractivity contribution in [3.63, 3.8) is 0 Å². The molecule has 0 aliphatic heterocycles. The summed E-state index contributed by atoms with van der Waals surface area (Å²) in [6.45, 7) is 1.83. The monoisotopic (exact) mass is 500 g/mol. The summed E-state index contributed by atoms with van der Waals surface area (Å²) >= 11 is 6.27. The maximum atomic E-state index is 6.27. The molecule has 4 aliphatic rings. The van der Waals surface area contributed by atoms with Crippen LogP contribution in [-0.2, 0) is 6.54 Å². The third kappa shape index (κ3) is 5.27. The van der Waals surface area contributed by atoms with Gasteiger partial charge in [0.25, 0.3) is 0 Å². The van der Waals surface area contributed by atoms with Gasteiger partial charge >= 0.3 is 0 Å². The van der Waals surface area contributed by atoms with E-state index in [1.165, 1.54) is 68.1 Å². The number of allylic oxidation sites excluding steroid dienone is 1. The number of imidazole rings is 1. The zero-order chi connectivity index (χ0) is 24.3. The lowest BCUT2D eigenvalue weighted by molar-refractivity contribution is 0.0705. The highest BCUT2D eigenvalue weighted by atomic mass is 35.5. The van der Waals surface area contributed by atoms with E-state index >= 15 is 0 Å². The van der Waals surface area contributed by atoms with Crippen LogP contribution in [0.2, 0.25) is 5.02 Å². The first-order valence-corrected chi connectivity index (χ1v) is 14.3. The Hall–Kier alpha value is -2.52. The fraction of sp³-hybridized carbons (Fsp3) is 0.469. The third-order valence-corrected chi connectivity index (χ3v) is 8.97. The number of aromatic nitrogens is 2. The molecule has 4 aliphatic carbocycles. The summed E-state index contributed by atoms with van der Waals surface area (Å²) in [5, 5.41) is 0.804. The van der Waals surface area contributed by atoms with Crippen LogP contribution in [0.1, 0.15) is 68.9 Å². The third-order valence-electron chi connectivity index (χ3n) is 8.72. The van der Waals surface area contributed by atoms with Crippen molar-refractivity contribution in [1.82, 2.24) is 9.55 Å². The first kappa shape index (κ1) is 23.9. The minimum Gasteiger partial charge on any atom is -0.494 e. The molecule has 1 aromatic heterocycles. The molecule has 0 saturated heterocycles. The van der Waals surface area contributed by atoms with E-state index in [4.69, 9.17) is 16.3 Å². The van der Waals surface area contributed by atoms with Crippen LogP contribution < -0.4 is 4.74 Å². The van der Waals surface area contributed by atoms with Gasteiger partial charge in [-0.3, -0.25) is 0 Å². The predicted molar refractivity (Wildman–Crippen MR) is 147 cm³/mol. The number of nitrogens with zero attached hydrogens (tertiary/aromatic N) is 2. The molecule has 0 spiro atoms. The van der Waals surface area contributed by atoms with Gasteiger partial charge < -0.3 is 9.30 Å². The molecule has 0 unspecified atom stereocenters. The van der Waals surface area contributed by atoms with Gasteiger partial charge in [-0.05, 0) is 110 Å². The Morgan fingerprint density at radius 1 is 0.806 bits per heavy atom. The zero-order valence-corrected chi connectivity index (χ0v) is 21.9. The lowest BCUT2D eigenvalue weighted by Gasteiger charge is -2.52. The summed E-state index contributed by atoms with van der Waals surface area (Å²) in [6, 6.07) is 17.4. The van der Waals surface area contributed by atoms with Gasteiger partial charge in [0.1, 0.15) is 5.75 Å². The Labute approximate surface area is 220 Å². The van der Waals surface area contributed by atoms with Gasteiger partial charge in [0.2, 0.25) is 0 Å². The van der Waals surface area contributed by atoms with Crippen LogP contribution in [0, 0.1) is 23.7 Å². The minimum atomic E-state index is 0.761. The maximum Gasteiger partial charge on any atom is 0.119 e. The van der Waals surface area contributed by atoms with Crippen LogP contribution >= 0.6 is 11.6 Å². The molecule has 3 nitrogen and oxygen atoms in total. The minimum absolute atomic E-state index is 0.761. The lowest BCUT2D eigenvalue weighted by Crippen LogP contribution is -2.40. The molecule has 4 bridgehead atoms. The average Bonchev–Trinajstić information content (AvgIpc) is 3.40. The second-order valence-corrected chi connectivity index (χ2v) is 11.7. The molecular formula is C32H37ClN2O. The number of hydrogen-bond donors (Lipinski definition) is 0.